The topological polar surface area (TPSA) is 73.9 Å². The maximum atomic E-state index is 13.5. The number of Topliss-reactive ketones (excluding diaryl/α,β-unsaturated/α-hetero) is 1. The zero-order chi connectivity index (χ0) is 26.5. The van der Waals surface area contributed by atoms with E-state index in [1.807, 2.05) is 72.8 Å². The largest absolute Gasteiger partial charge is 0.494 e. The molecule has 0 bridgehead atoms. The van der Waals surface area contributed by atoms with Crippen LogP contribution in [0.3, 0.4) is 0 Å². The van der Waals surface area contributed by atoms with Gasteiger partial charge in [-0.25, -0.2) is 0 Å². The van der Waals surface area contributed by atoms with Gasteiger partial charge in [0, 0.05) is 30.0 Å². The average molecular weight is 512 g/mol. The molecule has 1 aliphatic heterocycles. The zero-order valence-electron chi connectivity index (χ0n) is 21.9. The number of hydrogen-bond acceptors (Lipinski definition) is 5. The summed E-state index contributed by atoms with van der Waals surface area (Å²) >= 11 is 0. The lowest BCUT2D eigenvalue weighted by molar-refractivity contribution is -0.122. The first-order valence-electron chi connectivity index (χ1n) is 13.2. The fraction of sp³-hybridized carbons (Fsp3) is 0.312. The van der Waals surface area contributed by atoms with Gasteiger partial charge in [0.15, 0.2) is 17.3 Å². The highest BCUT2D eigenvalue weighted by Gasteiger charge is 2.38. The molecule has 0 fully saturated rings. The predicted octanol–water partition coefficient (Wildman–Crippen LogP) is 6.07. The normalized spacial score (nSPS) is 19.0. The number of hydrogen-bond donors (Lipinski definition) is 1. The van der Waals surface area contributed by atoms with Gasteiger partial charge >= 0.3 is 0 Å². The van der Waals surface area contributed by atoms with Gasteiger partial charge in [-0.05, 0) is 59.7 Å². The number of allylic oxidation sites excluding steroid dienone is 2. The minimum Gasteiger partial charge on any atom is -0.494 e. The second kappa shape index (κ2) is 11.5. The summed E-state index contributed by atoms with van der Waals surface area (Å²) in [7, 11) is 1.60. The third kappa shape index (κ3) is 5.59. The van der Waals surface area contributed by atoms with Gasteiger partial charge in [-0.1, -0.05) is 55.5 Å². The van der Waals surface area contributed by atoms with Crippen molar-refractivity contribution in [2.24, 2.45) is 0 Å². The Morgan fingerprint density at radius 1 is 0.842 bits per heavy atom. The van der Waals surface area contributed by atoms with Crippen LogP contribution in [0, 0.1) is 0 Å². The summed E-state index contributed by atoms with van der Waals surface area (Å²) < 4.78 is 17.3. The SMILES string of the molecule is CCCOc1ccc(C2CC(=O)C3=C(C2)NC(=O)CC3c2ccc(OCc3ccccc3)c(OC)c2)cc1. The smallest absolute Gasteiger partial charge is 0.225 e. The number of carbonyl (C=O) groups is 2. The molecule has 2 atom stereocenters. The van der Waals surface area contributed by atoms with Crippen molar-refractivity contribution in [3.8, 4) is 17.2 Å². The number of methoxy groups -OCH3 is 1. The standard InChI is InChI=1S/C32H33NO5/c1-3-15-37-25-12-9-22(10-13-25)24-16-27-32(28(34)17-24)26(19-31(35)33-27)23-11-14-29(30(18-23)36-2)38-20-21-7-5-4-6-8-21/h4-14,18,24,26H,3,15-17,19-20H2,1-2H3,(H,33,35). The number of amides is 1. The Kier molecular flexibility index (Phi) is 7.78. The number of benzene rings is 3. The van der Waals surface area contributed by atoms with Crippen LogP contribution in [0.1, 0.15) is 61.1 Å². The van der Waals surface area contributed by atoms with Gasteiger partial charge < -0.3 is 19.5 Å². The Morgan fingerprint density at radius 3 is 2.34 bits per heavy atom. The van der Waals surface area contributed by atoms with Crippen molar-refractivity contribution in [1.29, 1.82) is 0 Å². The molecule has 2 unspecified atom stereocenters. The number of carbonyl (C=O) groups excluding carboxylic acids is 2. The molecule has 1 amide bonds. The Bertz CT molecular complexity index is 1330. The summed E-state index contributed by atoms with van der Waals surface area (Å²) in [6.07, 6.45) is 2.21. The molecule has 6 nitrogen and oxygen atoms in total. The summed E-state index contributed by atoms with van der Waals surface area (Å²) in [6.45, 7) is 3.17. The van der Waals surface area contributed by atoms with E-state index >= 15 is 0 Å². The molecule has 196 valence electrons. The zero-order valence-corrected chi connectivity index (χ0v) is 21.9. The highest BCUT2D eigenvalue weighted by molar-refractivity contribution is 6.02. The molecular formula is C32H33NO5. The van der Waals surface area contributed by atoms with E-state index in [9.17, 15) is 9.59 Å². The Morgan fingerprint density at radius 2 is 1.61 bits per heavy atom. The van der Waals surface area contributed by atoms with Crippen LogP contribution in [0.5, 0.6) is 17.2 Å². The minimum atomic E-state index is -0.311. The Labute approximate surface area is 223 Å². The monoisotopic (exact) mass is 511 g/mol. The third-order valence-corrected chi connectivity index (χ3v) is 7.19. The van der Waals surface area contributed by atoms with Crippen molar-refractivity contribution in [3.05, 3.63) is 101 Å². The number of ketones is 1. The maximum Gasteiger partial charge on any atom is 0.225 e. The van der Waals surface area contributed by atoms with E-state index in [1.54, 1.807) is 7.11 Å². The van der Waals surface area contributed by atoms with Crippen LogP contribution in [0.25, 0.3) is 0 Å². The fourth-order valence-corrected chi connectivity index (χ4v) is 5.29. The molecule has 3 aromatic carbocycles. The molecule has 0 saturated carbocycles. The molecule has 0 aromatic heterocycles. The highest BCUT2D eigenvalue weighted by Crippen LogP contribution is 2.44. The lowest BCUT2D eigenvalue weighted by Gasteiger charge is -2.34. The maximum absolute atomic E-state index is 13.5. The van der Waals surface area contributed by atoms with Crippen molar-refractivity contribution in [3.63, 3.8) is 0 Å². The summed E-state index contributed by atoms with van der Waals surface area (Å²) in [5, 5.41) is 3.01. The van der Waals surface area contributed by atoms with E-state index < -0.39 is 0 Å². The van der Waals surface area contributed by atoms with E-state index in [2.05, 4.69) is 12.2 Å². The van der Waals surface area contributed by atoms with Gasteiger partial charge in [0.25, 0.3) is 0 Å². The second-order valence-corrected chi connectivity index (χ2v) is 9.83. The van der Waals surface area contributed by atoms with Gasteiger partial charge in [0.2, 0.25) is 5.91 Å². The molecule has 3 aromatic rings. The number of rotatable bonds is 9. The molecule has 6 heteroatoms. The Balaban J connectivity index is 1.37. The van der Waals surface area contributed by atoms with E-state index in [-0.39, 0.29) is 29.9 Å². The molecule has 5 rings (SSSR count). The van der Waals surface area contributed by atoms with Gasteiger partial charge in [-0.15, -0.1) is 0 Å². The highest BCUT2D eigenvalue weighted by atomic mass is 16.5. The van der Waals surface area contributed by atoms with Crippen LogP contribution >= 0.6 is 0 Å². The van der Waals surface area contributed by atoms with E-state index in [0.717, 1.165) is 34.6 Å². The van der Waals surface area contributed by atoms with Crippen LogP contribution in [-0.2, 0) is 16.2 Å². The third-order valence-electron chi connectivity index (χ3n) is 7.19. The van der Waals surface area contributed by atoms with E-state index in [1.165, 1.54) is 0 Å². The van der Waals surface area contributed by atoms with Crippen LogP contribution in [0.2, 0.25) is 0 Å². The van der Waals surface area contributed by atoms with Crippen molar-refractivity contribution >= 4 is 11.7 Å². The summed E-state index contributed by atoms with van der Waals surface area (Å²) in [5.74, 6) is 1.74. The minimum absolute atomic E-state index is 0.0174. The molecule has 1 N–H and O–H groups in total. The molecular weight excluding hydrogens is 478 g/mol. The van der Waals surface area contributed by atoms with E-state index in [0.29, 0.717) is 43.1 Å². The first kappa shape index (κ1) is 25.6. The molecule has 0 radical (unpaired) electrons. The predicted molar refractivity (Wildman–Crippen MR) is 146 cm³/mol. The molecule has 0 saturated heterocycles. The van der Waals surface area contributed by atoms with Crippen molar-refractivity contribution in [2.45, 2.75) is 51.0 Å². The Hall–Kier alpha value is -4.06. The van der Waals surface area contributed by atoms with Gasteiger partial charge in [0.1, 0.15) is 12.4 Å². The summed E-state index contributed by atoms with van der Waals surface area (Å²) in [5.41, 5.74) is 4.46. The van der Waals surface area contributed by atoms with Crippen molar-refractivity contribution in [2.75, 3.05) is 13.7 Å². The van der Waals surface area contributed by atoms with Crippen LogP contribution < -0.4 is 19.5 Å². The first-order valence-corrected chi connectivity index (χ1v) is 13.2. The van der Waals surface area contributed by atoms with Crippen molar-refractivity contribution < 1.29 is 23.8 Å². The average Bonchev–Trinajstić information content (AvgIpc) is 2.95. The van der Waals surface area contributed by atoms with Crippen LogP contribution in [0.4, 0.5) is 0 Å². The van der Waals surface area contributed by atoms with E-state index in [4.69, 9.17) is 14.2 Å². The molecule has 0 spiro atoms. The van der Waals surface area contributed by atoms with Crippen molar-refractivity contribution in [1.82, 2.24) is 5.32 Å². The summed E-state index contributed by atoms with van der Waals surface area (Å²) in [4.78, 5) is 26.3. The van der Waals surface area contributed by atoms with Crippen LogP contribution in [0.15, 0.2) is 84.1 Å². The lowest BCUT2D eigenvalue weighted by atomic mass is 9.73. The number of ether oxygens (including phenoxy) is 3. The summed E-state index contributed by atoms with van der Waals surface area (Å²) in [6, 6.07) is 23.6. The molecule has 38 heavy (non-hydrogen) atoms. The molecule has 2 aliphatic rings. The second-order valence-electron chi connectivity index (χ2n) is 9.83. The molecule has 1 heterocycles. The van der Waals surface area contributed by atoms with Gasteiger partial charge in [-0.2, -0.15) is 0 Å². The van der Waals surface area contributed by atoms with Crippen LogP contribution in [-0.4, -0.2) is 25.4 Å². The molecule has 1 aliphatic carbocycles. The fourth-order valence-electron chi connectivity index (χ4n) is 5.29. The number of nitrogens with one attached hydrogen (secondary N) is 1. The first-order chi connectivity index (χ1) is 18.6. The van der Waals surface area contributed by atoms with Gasteiger partial charge in [-0.3, -0.25) is 9.59 Å². The van der Waals surface area contributed by atoms with Gasteiger partial charge in [0.05, 0.1) is 13.7 Å². The lowest BCUT2D eigenvalue weighted by Crippen LogP contribution is -2.38. The quantitative estimate of drug-likeness (QED) is 0.378.